The quantitative estimate of drug-likeness (QED) is 0.485. The highest BCUT2D eigenvalue weighted by Crippen LogP contribution is 2.37. The molecule has 7 nitrogen and oxygen atoms in total. The SMILES string of the molecule is CCc1ccc(C2NC(=S)N(CCOC)C(C)=C2c2nc(-c3ccc(OC)cc3)no2)cc1. The second kappa shape index (κ2) is 10.1. The first-order chi connectivity index (χ1) is 16.0. The number of ether oxygens (including phenoxy) is 2. The number of aromatic nitrogens is 2. The molecule has 0 bridgehead atoms. The predicted octanol–water partition coefficient (Wildman–Crippen LogP) is 4.62. The average Bonchev–Trinajstić information content (AvgIpc) is 3.33. The number of hydrogen-bond donors (Lipinski definition) is 1. The Morgan fingerprint density at radius 2 is 1.82 bits per heavy atom. The first-order valence-corrected chi connectivity index (χ1v) is 11.3. The van der Waals surface area contributed by atoms with Crippen LogP contribution in [0.3, 0.4) is 0 Å². The molecule has 0 fully saturated rings. The highest BCUT2D eigenvalue weighted by Gasteiger charge is 2.34. The van der Waals surface area contributed by atoms with Gasteiger partial charge in [0, 0.05) is 24.9 Å². The fraction of sp³-hybridized carbons (Fsp3) is 0.320. The van der Waals surface area contributed by atoms with E-state index in [4.69, 9.17) is 31.2 Å². The van der Waals surface area contributed by atoms with Crippen LogP contribution in [0.25, 0.3) is 17.0 Å². The molecule has 2 heterocycles. The van der Waals surface area contributed by atoms with E-state index >= 15 is 0 Å². The standard InChI is InChI=1S/C25H28N4O3S/c1-5-17-6-8-18(9-7-17)22-21(16(2)29(14-15-30-3)25(33)26-22)24-27-23(28-32-24)19-10-12-20(31-4)13-11-19/h6-13,22H,5,14-15H2,1-4H3,(H,26,33). The van der Waals surface area contributed by atoms with Crippen molar-refractivity contribution in [2.45, 2.75) is 26.3 Å². The van der Waals surface area contributed by atoms with E-state index in [0.29, 0.717) is 30.0 Å². The van der Waals surface area contributed by atoms with Crippen molar-refractivity contribution in [2.24, 2.45) is 0 Å². The minimum Gasteiger partial charge on any atom is -0.497 e. The summed E-state index contributed by atoms with van der Waals surface area (Å²) in [6.07, 6.45) is 0.984. The third-order valence-electron chi connectivity index (χ3n) is 5.84. The van der Waals surface area contributed by atoms with Crippen LogP contribution in [0.4, 0.5) is 0 Å². The zero-order valence-electron chi connectivity index (χ0n) is 19.3. The van der Waals surface area contributed by atoms with E-state index in [9.17, 15) is 0 Å². The molecule has 33 heavy (non-hydrogen) atoms. The lowest BCUT2D eigenvalue weighted by Gasteiger charge is -2.37. The molecule has 0 radical (unpaired) electrons. The van der Waals surface area contributed by atoms with Crippen molar-refractivity contribution in [3.05, 3.63) is 71.2 Å². The smallest absolute Gasteiger partial charge is 0.258 e. The topological polar surface area (TPSA) is 72.7 Å². The van der Waals surface area contributed by atoms with Crippen LogP contribution in [0.1, 0.15) is 36.9 Å². The molecule has 1 aromatic heterocycles. The zero-order chi connectivity index (χ0) is 23.4. The molecule has 0 saturated carbocycles. The Balaban J connectivity index is 1.76. The van der Waals surface area contributed by atoms with Crippen molar-refractivity contribution in [1.82, 2.24) is 20.4 Å². The molecule has 0 saturated heterocycles. The van der Waals surface area contributed by atoms with Crippen molar-refractivity contribution in [1.29, 1.82) is 0 Å². The lowest BCUT2D eigenvalue weighted by atomic mass is 9.94. The van der Waals surface area contributed by atoms with Crippen LogP contribution in [0, 0.1) is 0 Å². The molecule has 172 valence electrons. The molecule has 1 unspecified atom stereocenters. The van der Waals surface area contributed by atoms with Gasteiger partial charge < -0.3 is 24.2 Å². The van der Waals surface area contributed by atoms with Gasteiger partial charge in [-0.2, -0.15) is 4.98 Å². The highest BCUT2D eigenvalue weighted by molar-refractivity contribution is 7.80. The molecule has 0 aliphatic carbocycles. The maximum atomic E-state index is 5.78. The number of rotatable bonds is 8. The summed E-state index contributed by atoms with van der Waals surface area (Å²) in [7, 11) is 3.32. The van der Waals surface area contributed by atoms with E-state index in [1.807, 2.05) is 36.1 Å². The Hall–Kier alpha value is -3.23. The van der Waals surface area contributed by atoms with E-state index in [-0.39, 0.29) is 6.04 Å². The first kappa shape index (κ1) is 22.9. The van der Waals surface area contributed by atoms with Crippen LogP contribution < -0.4 is 10.1 Å². The molecule has 1 N–H and O–H groups in total. The Kier molecular flexibility index (Phi) is 7.05. The fourth-order valence-corrected chi connectivity index (χ4v) is 4.24. The number of nitrogens with zero attached hydrogens (tertiary/aromatic N) is 3. The van der Waals surface area contributed by atoms with Gasteiger partial charge in [-0.3, -0.25) is 0 Å². The Morgan fingerprint density at radius 1 is 1.09 bits per heavy atom. The molecule has 1 aliphatic rings. The maximum Gasteiger partial charge on any atom is 0.258 e. The van der Waals surface area contributed by atoms with Crippen LogP contribution in [0.5, 0.6) is 5.75 Å². The largest absolute Gasteiger partial charge is 0.497 e. The molecule has 0 amide bonds. The number of benzene rings is 2. The number of allylic oxidation sites excluding steroid dienone is 1. The molecule has 1 aliphatic heterocycles. The van der Waals surface area contributed by atoms with Gasteiger partial charge in [-0.1, -0.05) is 36.3 Å². The molecule has 8 heteroatoms. The van der Waals surface area contributed by atoms with Gasteiger partial charge in [0.1, 0.15) is 5.75 Å². The van der Waals surface area contributed by atoms with Gasteiger partial charge in [0.05, 0.1) is 25.3 Å². The zero-order valence-corrected chi connectivity index (χ0v) is 20.1. The summed E-state index contributed by atoms with van der Waals surface area (Å²) in [5.74, 6) is 1.75. The fourth-order valence-electron chi connectivity index (χ4n) is 3.90. The molecule has 1 atom stereocenters. The summed E-state index contributed by atoms with van der Waals surface area (Å²) in [4.78, 5) is 6.76. The summed E-state index contributed by atoms with van der Waals surface area (Å²) >= 11 is 5.70. The molecular formula is C25H28N4O3S. The normalized spacial score (nSPS) is 16.2. The number of hydrogen-bond acceptors (Lipinski definition) is 6. The molecular weight excluding hydrogens is 436 g/mol. The van der Waals surface area contributed by atoms with Gasteiger partial charge in [-0.05, 0) is 61.0 Å². The van der Waals surface area contributed by atoms with E-state index in [2.05, 4.69) is 41.7 Å². The van der Waals surface area contributed by atoms with E-state index in [1.165, 1.54) is 5.56 Å². The second-order valence-corrected chi connectivity index (χ2v) is 8.16. The highest BCUT2D eigenvalue weighted by atomic mass is 32.1. The van der Waals surface area contributed by atoms with Crippen molar-refractivity contribution >= 4 is 22.9 Å². The second-order valence-electron chi connectivity index (χ2n) is 7.77. The summed E-state index contributed by atoms with van der Waals surface area (Å²) in [6.45, 7) is 5.34. The lowest BCUT2D eigenvalue weighted by molar-refractivity contribution is 0.183. The third kappa shape index (κ3) is 4.77. The maximum absolute atomic E-state index is 5.78. The van der Waals surface area contributed by atoms with E-state index in [1.54, 1.807) is 14.2 Å². The Labute approximate surface area is 199 Å². The van der Waals surface area contributed by atoms with Crippen LogP contribution in [-0.2, 0) is 11.2 Å². The number of nitrogens with one attached hydrogen (secondary N) is 1. The molecule has 3 aromatic rings. The lowest BCUT2D eigenvalue weighted by Crippen LogP contribution is -2.47. The summed E-state index contributed by atoms with van der Waals surface area (Å²) in [6, 6.07) is 15.9. The minimum absolute atomic E-state index is 0.202. The van der Waals surface area contributed by atoms with E-state index in [0.717, 1.165) is 34.6 Å². The molecule has 0 spiro atoms. The third-order valence-corrected chi connectivity index (χ3v) is 6.18. The van der Waals surface area contributed by atoms with Crippen molar-refractivity contribution in [3.63, 3.8) is 0 Å². The van der Waals surface area contributed by atoms with Gasteiger partial charge in [0.15, 0.2) is 5.11 Å². The van der Waals surface area contributed by atoms with Gasteiger partial charge in [-0.15, -0.1) is 0 Å². The van der Waals surface area contributed by atoms with Crippen molar-refractivity contribution < 1.29 is 14.0 Å². The van der Waals surface area contributed by atoms with Crippen molar-refractivity contribution in [2.75, 3.05) is 27.4 Å². The van der Waals surface area contributed by atoms with Gasteiger partial charge in [0.2, 0.25) is 5.82 Å². The molecule has 4 rings (SSSR count). The van der Waals surface area contributed by atoms with Gasteiger partial charge in [-0.25, -0.2) is 0 Å². The average molecular weight is 465 g/mol. The van der Waals surface area contributed by atoms with Crippen LogP contribution in [0.2, 0.25) is 0 Å². The number of methoxy groups -OCH3 is 2. The van der Waals surface area contributed by atoms with E-state index < -0.39 is 0 Å². The Bertz CT molecular complexity index is 1140. The summed E-state index contributed by atoms with van der Waals surface area (Å²) in [5.41, 5.74) is 5.07. The van der Waals surface area contributed by atoms with Crippen LogP contribution >= 0.6 is 12.2 Å². The van der Waals surface area contributed by atoms with Crippen molar-refractivity contribution in [3.8, 4) is 17.1 Å². The minimum atomic E-state index is -0.202. The monoisotopic (exact) mass is 464 g/mol. The van der Waals surface area contributed by atoms with Crippen LogP contribution in [-0.4, -0.2) is 47.5 Å². The summed E-state index contributed by atoms with van der Waals surface area (Å²) < 4.78 is 16.3. The Morgan fingerprint density at radius 3 is 2.45 bits per heavy atom. The van der Waals surface area contributed by atoms with Gasteiger partial charge in [0.25, 0.3) is 5.89 Å². The van der Waals surface area contributed by atoms with Crippen LogP contribution in [0.15, 0.2) is 58.8 Å². The number of thiocarbonyl (C=S) groups is 1. The van der Waals surface area contributed by atoms with Gasteiger partial charge >= 0.3 is 0 Å². The first-order valence-electron chi connectivity index (χ1n) is 10.9. The molecule has 2 aromatic carbocycles. The number of aryl methyl sites for hydroxylation is 1. The predicted molar refractivity (Wildman–Crippen MR) is 132 cm³/mol. The summed E-state index contributed by atoms with van der Waals surface area (Å²) in [5, 5.41) is 8.37.